The van der Waals surface area contributed by atoms with Crippen molar-refractivity contribution in [2.24, 2.45) is 11.8 Å². The molecule has 2 aromatic heterocycles. The van der Waals surface area contributed by atoms with Crippen molar-refractivity contribution < 1.29 is 19.1 Å². The van der Waals surface area contributed by atoms with E-state index in [4.69, 9.17) is 9.47 Å². The first kappa shape index (κ1) is 24.9. The lowest BCUT2D eigenvalue weighted by Crippen LogP contribution is -2.22. The third-order valence-corrected chi connectivity index (χ3v) is 8.23. The molecule has 0 radical (unpaired) electrons. The summed E-state index contributed by atoms with van der Waals surface area (Å²) in [4.78, 5) is 33.7. The quantitative estimate of drug-likeness (QED) is 0.313. The largest absolute Gasteiger partial charge is 0.453 e. The summed E-state index contributed by atoms with van der Waals surface area (Å²) in [5.74, 6) is -0.289. The Kier molecular flexibility index (Phi) is 7.47. The predicted molar refractivity (Wildman–Crippen MR) is 134 cm³/mol. The molecule has 8 nitrogen and oxygen atoms in total. The van der Waals surface area contributed by atoms with E-state index in [1.165, 1.54) is 22.7 Å². The topological polar surface area (TPSA) is 102 Å². The number of nitrogens with zero attached hydrogens (tertiary/aromatic N) is 2. The zero-order valence-corrected chi connectivity index (χ0v) is 21.9. The molecule has 4 unspecified atom stereocenters. The minimum atomic E-state index is -0.640. The zero-order valence-electron chi connectivity index (χ0n) is 20.3. The molecule has 2 saturated heterocycles. The van der Waals surface area contributed by atoms with E-state index < -0.39 is 11.2 Å². The average Bonchev–Trinajstić information content (AvgIpc) is 3.55. The lowest BCUT2D eigenvalue weighted by molar-refractivity contribution is -0.151. The number of carbonyl (C=O) groups excluding carboxylic acids is 2. The third-order valence-electron chi connectivity index (χ3n) is 6.63. The summed E-state index contributed by atoms with van der Waals surface area (Å²) < 4.78 is 11.4. The number of carbonyl (C=O) groups is 2. The van der Waals surface area contributed by atoms with Crippen molar-refractivity contribution in [2.75, 3.05) is 23.7 Å². The Morgan fingerprint density at radius 2 is 1.26 bits per heavy atom. The Balaban J connectivity index is 1.25. The van der Waals surface area contributed by atoms with Crippen molar-refractivity contribution in [1.29, 1.82) is 0 Å². The van der Waals surface area contributed by atoms with Crippen LogP contribution in [-0.4, -0.2) is 35.0 Å². The summed E-state index contributed by atoms with van der Waals surface area (Å²) in [7, 11) is 0. The molecule has 4 heterocycles. The van der Waals surface area contributed by atoms with Crippen molar-refractivity contribution >= 4 is 44.9 Å². The van der Waals surface area contributed by atoms with Crippen LogP contribution in [0, 0.1) is 11.8 Å². The second-order valence-corrected chi connectivity index (χ2v) is 11.3. The van der Waals surface area contributed by atoms with Gasteiger partial charge in [-0.1, -0.05) is 26.7 Å². The van der Waals surface area contributed by atoms with Crippen molar-refractivity contribution in [3.63, 3.8) is 0 Å². The Bertz CT molecular complexity index is 944. The molecule has 0 saturated carbocycles. The summed E-state index contributed by atoms with van der Waals surface area (Å²) in [5.41, 5.74) is 0.341. The fourth-order valence-corrected chi connectivity index (χ4v) is 6.51. The fourth-order valence-electron chi connectivity index (χ4n) is 4.79. The van der Waals surface area contributed by atoms with E-state index in [1.807, 2.05) is 24.6 Å². The summed E-state index contributed by atoms with van der Waals surface area (Å²) >= 11 is 3.04. The van der Waals surface area contributed by atoms with Gasteiger partial charge < -0.3 is 20.1 Å². The first-order chi connectivity index (χ1) is 16.3. The van der Waals surface area contributed by atoms with Gasteiger partial charge >= 0.3 is 11.9 Å². The van der Waals surface area contributed by atoms with Crippen molar-refractivity contribution in [1.82, 2.24) is 9.97 Å². The number of ether oxygens (including phenoxy) is 2. The van der Waals surface area contributed by atoms with Gasteiger partial charge in [0.25, 0.3) is 0 Å². The molecule has 4 atom stereocenters. The SMILES string of the molecule is CCCC1CC(C)(c2csc(NCCNc3nc(C4(C)CC(CCC)C(=O)O4)cs3)n2)OC1=O. The molecular weight excluding hydrogens is 472 g/mol. The first-order valence-electron chi connectivity index (χ1n) is 12.1. The lowest BCUT2D eigenvalue weighted by Gasteiger charge is -2.20. The Morgan fingerprint density at radius 3 is 1.65 bits per heavy atom. The van der Waals surface area contributed by atoms with Crippen LogP contribution in [0.4, 0.5) is 10.3 Å². The maximum Gasteiger partial charge on any atom is 0.310 e. The summed E-state index contributed by atoms with van der Waals surface area (Å²) in [6, 6.07) is 0. The molecule has 2 aliphatic rings. The molecule has 2 aromatic rings. The van der Waals surface area contributed by atoms with E-state index in [0.29, 0.717) is 25.9 Å². The van der Waals surface area contributed by atoms with Gasteiger partial charge in [-0.25, -0.2) is 9.97 Å². The van der Waals surface area contributed by atoms with E-state index in [-0.39, 0.29) is 23.8 Å². The second-order valence-electron chi connectivity index (χ2n) is 9.61. The van der Waals surface area contributed by atoms with Gasteiger partial charge in [-0.2, -0.15) is 0 Å². The van der Waals surface area contributed by atoms with E-state index in [2.05, 4.69) is 34.4 Å². The highest BCUT2D eigenvalue weighted by Gasteiger charge is 2.46. The summed E-state index contributed by atoms with van der Waals surface area (Å²) in [6.45, 7) is 9.41. The minimum Gasteiger partial charge on any atom is -0.453 e. The van der Waals surface area contributed by atoms with E-state index in [0.717, 1.165) is 47.3 Å². The maximum atomic E-state index is 12.2. The predicted octanol–water partition coefficient (Wildman–Crippen LogP) is 5.28. The number of anilines is 2. The molecule has 2 fully saturated rings. The van der Waals surface area contributed by atoms with Crippen LogP contribution in [0.15, 0.2) is 10.8 Å². The van der Waals surface area contributed by atoms with E-state index in [9.17, 15) is 9.59 Å². The molecule has 0 aliphatic carbocycles. The number of cyclic esters (lactones) is 2. The molecule has 10 heteroatoms. The number of esters is 2. The lowest BCUT2D eigenvalue weighted by atomic mass is 9.91. The van der Waals surface area contributed by atoms with Crippen molar-refractivity contribution in [2.45, 2.75) is 77.4 Å². The molecule has 2 aliphatic heterocycles. The minimum absolute atomic E-state index is 0.0342. The maximum absolute atomic E-state index is 12.2. The van der Waals surface area contributed by atoms with Crippen LogP contribution in [0.3, 0.4) is 0 Å². The van der Waals surface area contributed by atoms with Crippen molar-refractivity contribution in [3.8, 4) is 0 Å². The van der Waals surface area contributed by atoms with Crippen LogP contribution in [0.5, 0.6) is 0 Å². The van der Waals surface area contributed by atoms with Gasteiger partial charge in [-0.3, -0.25) is 9.59 Å². The highest BCUT2D eigenvalue weighted by Crippen LogP contribution is 2.43. The molecule has 0 bridgehead atoms. The highest BCUT2D eigenvalue weighted by atomic mass is 32.1. The number of nitrogens with one attached hydrogen (secondary N) is 2. The zero-order chi connectivity index (χ0) is 24.3. The number of aromatic nitrogens is 2. The average molecular weight is 507 g/mol. The van der Waals surface area contributed by atoms with Gasteiger partial charge in [0.2, 0.25) is 0 Å². The monoisotopic (exact) mass is 506 g/mol. The number of hydrogen-bond donors (Lipinski definition) is 2. The second kappa shape index (κ2) is 10.2. The number of thiazole rings is 2. The molecular formula is C24H34N4O4S2. The van der Waals surface area contributed by atoms with Gasteiger partial charge in [-0.15, -0.1) is 22.7 Å². The Hall–Kier alpha value is -2.20. The van der Waals surface area contributed by atoms with Crippen LogP contribution in [0.2, 0.25) is 0 Å². The van der Waals surface area contributed by atoms with Crippen LogP contribution < -0.4 is 10.6 Å². The number of hydrogen-bond acceptors (Lipinski definition) is 10. The van der Waals surface area contributed by atoms with Crippen molar-refractivity contribution in [3.05, 3.63) is 22.1 Å². The molecule has 0 spiro atoms. The highest BCUT2D eigenvalue weighted by molar-refractivity contribution is 7.14. The molecule has 34 heavy (non-hydrogen) atoms. The van der Waals surface area contributed by atoms with E-state index >= 15 is 0 Å². The van der Waals surface area contributed by atoms with Gasteiger partial charge in [0.05, 0.1) is 23.2 Å². The van der Waals surface area contributed by atoms with E-state index in [1.54, 1.807) is 0 Å². The fraction of sp³-hybridized carbons (Fsp3) is 0.667. The molecule has 0 amide bonds. The Morgan fingerprint density at radius 1 is 0.853 bits per heavy atom. The van der Waals surface area contributed by atoms with Gasteiger partial charge in [0.15, 0.2) is 21.5 Å². The van der Waals surface area contributed by atoms with Crippen LogP contribution in [-0.2, 0) is 30.3 Å². The van der Waals surface area contributed by atoms with Crippen LogP contribution >= 0.6 is 22.7 Å². The molecule has 186 valence electrons. The Labute approximate surface area is 208 Å². The number of rotatable bonds is 11. The molecule has 0 aromatic carbocycles. The van der Waals surface area contributed by atoms with Gasteiger partial charge in [0, 0.05) is 36.7 Å². The summed E-state index contributed by atoms with van der Waals surface area (Å²) in [5, 5.41) is 12.2. The van der Waals surface area contributed by atoms with Gasteiger partial charge in [-0.05, 0) is 26.7 Å². The normalized spacial score (nSPS) is 28.7. The standard InChI is InChI=1S/C24H34N4O4S2/c1-5-7-15-11-23(3,31-19(15)29)17-13-33-21(27-17)25-9-10-26-22-28-18(14-34-22)24(4)12-16(8-6-2)20(30)32-24/h13-16H,5-12H2,1-4H3,(H,25,27)(H,26,28). The first-order valence-corrected chi connectivity index (χ1v) is 13.9. The van der Waals surface area contributed by atoms with Crippen LogP contribution in [0.25, 0.3) is 0 Å². The molecule has 2 N–H and O–H groups in total. The molecule has 4 rings (SSSR count). The smallest absolute Gasteiger partial charge is 0.310 e. The summed E-state index contributed by atoms with van der Waals surface area (Å²) in [6.07, 6.45) is 5.02. The van der Waals surface area contributed by atoms with Crippen LogP contribution in [0.1, 0.15) is 77.6 Å². The third kappa shape index (κ3) is 5.22. The van der Waals surface area contributed by atoms with Gasteiger partial charge in [0.1, 0.15) is 0 Å².